The van der Waals surface area contributed by atoms with E-state index in [4.69, 9.17) is 4.74 Å². The highest BCUT2D eigenvalue weighted by Gasteiger charge is 2.56. The van der Waals surface area contributed by atoms with Crippen molar-refractivity contribution in [1.82, 2.24) is 9.88 Å². The summed E-state index contributed by atoms with van der Waals surface area (Å²) in [6.07, 6.45) is 6.07. The van der Waals surface area contributed by atoms with E-state index in [-0.39, 0.29) is 11.9 Å². The molecular formula is C15H19N3O3. The minimum absolute atomic E-state index is 0.0945. The molecule has 6 heteroatoms. The largest absolute Gasteiger partial charge is 0.481 e. The van der Waals surface area contributed by atoms with Crippen molar-refractivity contribution in [2.24, 2.45) is 0 Å². The third kappa shape index (κ3) is 1.97. The maximum absolute atomic E-state index is 12.6. The Morgan fingerprint density at radius 1 is 1.24 bits per heavy atom. The molecule has 3 rings (SSSR count). The summed E-state index contributed by atoms with van der Waals surface area (Å²) in [5.41, 5.74) is -0.0531. The SMILES string of the molecule is COc1cc(N2C(=O)N(C)C(=O)C23CCCCC3)ccn1. The van der Waals surface area contributed by atoms with Crippen LogP contribution >= 0.6 is 0 Å². The maximum Gasteiger partial charge on any atom is 0.331 e. The second-order valence-electron chi connectivity index (χ2n) is 5.63. The van der Waals surface area contributed by atoms with E-state index in [1.807, 2.05) is 0 Å². The number of likely N-dealkylation sites (N-methyl/N-ethyl adjacent to an activating group) is 1. The van der Waals surface area contributed by atoms with Crippen molar-refractivity contribution in [3.63, 3.8) is 0 Å². The maximum atomic E-state index is 12.6. The van der Waals surface area contributed by atoms with Gasteiger partial charge in [-0.05, 0) is 18.9 Å². The van der Waals surface area contributed by atoms with Gasteiger partial charge in [-0.1, -0.05) is 19.3 Å². The molecule has 0 bridgehead atoms. The predicted octanol–water partition coefficient (Wildman–Crippen LogP) is 2.19. The zero-order valence-electron chi connectivity index (χ0n) is 12.3. The van der Waals surface area contributed by atoms with E-state index >= 15 is 0 Å². The highest BCUT2D eigenvalue weighted by atomic mass is 16.5. The summed E-state index contributed by atoms with van der Waals surface area (Å²) in [5.74, 6) is 0.344. The lowest BCUT2D eigenvalue weighted by molar-refractivity contribution is -0.130. The van der Waals surface area contributed by atoms with Crippen LogP contribution in [-0.4, -0.2) is 41.5 Å². The molecular weight excluding hydrogens is 270 g/mol. The summed E-state index contributed by atoms with van der Waals surface area (Å²) in [6.45, 7) is 0. The highest BCUT2D eigenvalue weighted by Crippen LogP contribution is 2.42. The first kappa shape index (κ1) is 13.9. The molecule has 3 amide bonds. The monoisotopic (exact) mass is 289 g/mol. The number of carbonyl (C=O) groups excluding carboxylic acids is 2. The highest BCUT2D eigenvalue weighted by molar-refractivity contribution is 6.16. The molecule has 112 valence electrons. The van der Waals surface area contributed by atoms with Crippen LogP contribution in [0.25, 0.3) is 0 Å². The first-order valence-electron chi connectivity index (χ1n) is 7.22. The van der Waals surface area contributed by atoms with Crippen LogP contribution in [-0.2, 0) is 4.79 Å². The molecule has 1 aliphatic heterocycles. The molecule has 1 aromatic rings. The Morgan fingerprint density at radius 2 is 1.95 bits per heavy atom. The number of aromatic nitrogens is 1. The van der Waals surface area contributed by atoms with Gasteiger partial charge in [-0.2, -0.15) is 0 Å². The average molecular weight is 289 g/mol. The Balaban J connectivity index is 2.08. The quantitative estimate of drug-likeness (QED) is 0.783. The molecule has 1 saturated carbocycles. The Morgan fingerprint density at radius 3 is 2.62 bits per heavy atom. The van der Waals surface area contributed by atoms with Crippen molar-refractivity contribution >= 4 is 17.6 Å². The molecule has 0 radical (unpaired) electrons. The van der Waals surface area contributed by atoms with Gasteiger partial charge < -0.3 is 4.74 Å². The van der Waals surface area contributed by atoms with E-state index in [0.29, 0.717) is 24.4 Å². The number of nitrogens with zero attached hydrogens (tertiary/aromatic N) is 3. The zero-order chi connectivity index (χ0) is 15.0. The van der Waals surface area contributed by atoms with Crippen molar-refractivity contribution in [1.29, 1.82) is 0 Å². The fourth-order valence-electron chi connectivity index (χ4n) is 3.41. The van der Waals surface area contributed by atoms with Crippen molar-refractivity contribution < 1.29 is 14.3 Å². The molecule has 1 aliphatic carbocycles. The predicted molar refractivity (Wildman–Crippen MR) is 77.3 cm³/mol. The van der Waals surface area contributed by atoms with Gasteiger partial charge in [0.05, 0.1) is 12.8 Å². The summed E-state index contributed by atoms with van der Waals surface area (Å²) in [6, 6.07) is 3.19. The molecule has 1 spiro atoms. The van der Waals surface area contributed by atoms with Gasteiger partial charge in [0.2, 0.25) is 5.88 Å². The topological polar surface area (TPSA) is 62.7 Å². The van der Waals surface area contributed by atoms with E-state index in [2.05, 4.69) is 4.98 Å². The molecule has 2 fully saturated rings. The fraction of sp³-hybridized carbons (Fsp3) is 0.533. The molecule has 21 heavy (non-hydrogen) atoms. The van der Waals surface area contributed by atoms with Gasteiger partial charge in [0.1, 0.15) is 5.54 Å². The van der Waals surface area contributed by atoms with Crippen LogP contribution in [0.3, 0.4) is 0 Å². The molecule has 0 N–H and O–H groups in total. The lowest BCUT2D eigenvalue weighted by Gasteiger charge is -2.38. The van der Waals surface area contributed by atoms with E-state index in [0.717, 1.165) is 19.3 Å². The van der Waals surface area contributed by atoms with Crippen LogP contribution in [0, 0.1) is 0 Å². The fourth-order valence-corrected chi connectivity index (χ4v) is 3.41. The van der Waals surface area contributed by atoms with E-state index < -0.39 is 5.54 Å². The summed E-state index contributed by atoms with van der Waals surface area (Å²) < 4.78 is 5.13. The van der Waals surface area contributed by atoms with Crippen molar-refractivity contribution in [2.75, 3.05) is 19.1 Å². The minimum Gasteiger partial charge on any atom is -0.481 e. The number of methoxy groups -OCH3 is 1. The van der Waals surface area contributed by atoms with E-state index in [1.54, 1.807) is 30.3 Å². The van der Waals surface area contributed by atoms with Crippen molar-refractivity contribution in [3.8, 4) is 5.88 Å². The number of hydrogen-bond donors (Lipinski definition) is 0. The smallest absolute Gasteiger partial charge is 0.331 e. The number of carbonyl (C=O) groups is 2. The van der Waals surface area contributed by atoms with Crippen molar-refractivity contribution in [2.45, 2.75) is 37.6 Å². The van der Waals surface area contributed by atoms with Crippen LogP contribution in [0.15, 0.2) is 18.3 Å². The first-order valence-corrected chi connectivity index (χ1v) is 7.22. The number of hydrogen-bond acceptors (Lipinski definition) is 4. The normalized spacial score (nSPS) is 21.2. The lowest BCUT2D eigenvalue weighted by atomic mass is 9.80. The van der Waals surface area contributed by atoms with Gasteiger partial charge in [0.15, 0.2) is 0 Å². The molecule has 1 saturated heterocycles. The molecule has 2 aliphatic rings. The number of urea groups is 1. The Kier molecular flexibility index (Phi) is 3.31. The number of pyridine rings is 1. The van der Waals surface area contributed by atoms with Gasteiger partial charge in [-0.3, -0.25) is 14.6 Å². The second kappa shape index (κ2) is 5.02. The number of imide groups is 1. The van der Waals surface area contributed by atoms with E-state index in [1.165, 1.54) is 12.0 Å². The first-order chi connectivity index (χ1) is 10.1. The van der Waals surface area contributed by atoms with Crippen LogP contribution in [0.2, 0.25) is 0 Å². The molecule has 6 nitrogen and oxygen atoms in total. The van der Waals surface area contributed by atoms with Gasteiger partial charge in [-0.15, -0.1) is 0 Å². The molecule has 0 aromatic carbocycles. The van der Waals surface area contributed by atoms with E-state index in [9.17, 15) is 9.59 Å². The number of rotatable bonds is 2. The second-order valence-corrected chi connectivity index (χ2v) is 5.63. The minimum atomic E-state index is -0.726. The van der Waals surface area contributed by atoms with Crippen LogP contribution in [0.5, 0.6) is 5.88 Å². The Bertz CT molecular complexity index is 581. The third-order valence-electron chi connectivity index (χ3n) is 4.48. The third-order valence-corrected chi connectivity index (χ3v) is 4.48. The zero-order valence-corrected chi connectivity index (χ0v) is 12.3. The summed E-state index contributed by atoms with van der Waals surface area (Å²) in [5, 5.41) is 0. The van der Waals surface area contributed by atoms with Gasteiger partial charge in [-0.25, -0.2) is 9.78 Å². The van der Waals surface area contributed by atoms with Crippen molar-refractivity contribution in [3.05, 3.63) is 18.3 Å². The summed E-state index contributed by atoms with van der Waals surface area (Å²) in [7, 11) is 3.09. The van der Waals surface area contributed by atoms with Gasteiger partial charge in [0, 0.05) is 19.3 Å². The standard InChI is InChI=1S/C15H19N3O3/c1-17-13(19)15(7-4-3-5-8-15)18(14(17)20)11-6-9-16-12(10-11)21-2/h6,9-10H,3-5,7-8H2,1-2H3. The Labute approximate surface area is 123 Å². The number of amides is 3. The Hall–Kier alpha value is -2.11. The lowest BCUT2D eigenvalue weighted by Crippen LogP contribution is -2.51. The number of anilines is 1. The van der Waals surface area contributed by atoms with Gasteiger partial charge >= 0.3 is 6.03 Å². The van der Waals surface area contributed by atoms with Crippen LogP contribution < -0.4 is 9.64 Å². The van der Waals surface area contributed by atoms with Crippen LogP contribution in [0.1, 0.15) is 32.1 Å². The summed E-state index contributed by atoms with van der Waals surface area (Å²) >= 11 is 0. The number of ether oxygens (including phenoxy) is 1. The molecule has 0 unspecified atom stereocenters. The molecule has 1 aromatic heterocycles. The molecule has 2 heterocycles. The summed E-state index contributed by atoms with van der Waals surface area (Å²) in [4.78, 5) is 32.1. The van der Waals surface area contributed by atoms with Crippen LogP contribution in [0.4, 0.5) is 10.5 Å². The average Bonchev–Trinajstić information content (AvgIpc) is 2.70. The molecule has 0 atom stereocenters. The van der Waals surface area contributed by atoms with Gasteiger partial charge in [0.25, 0.3) is 5.91 Å².